The number of hydrogen-bond acceptors (Lipinski definition) is 5. The molecule has 2 aromatic heterocycles. The zero-order valence-electron chi connectivity index (χ0n) is 11.0. The van der Waals surface area contributed by atoms with Gasteiger partial charge >= 0.3 is 0 Å². The molecule has 0 amide bonds. The molecule has 102 valence electrons. The molecule has 5 nitrogen and oxygen atoms in total. The van der Waals surface area contributed by atoms with Gasteiger partial charge < -0.3 is 9.88 Å². The first kappa shape index (κ1) is 12.8. The predicted molar refractivity (Wildman–Crippen MR) is 80.9 cm³/mol. The highest BCUT2D eigenvalue weighted by molar-refractivity contribution is 7.71. The van der Waals surface area contributed by atoms with Gasteiger partial charge in [0.2, 0.25) is 0 Å². The maximum Gasteiger partial charge on any atom is 0.274 e. The van der Waals surface area contributed by atoms with E-state index in [1.165, 1.54) is 24.2 Å². The zero-order chi connectivity index (χ0) is 13.6. The van der Waals surface area contributed by atoms with Crippen molar-refractivity contribution >= 4 is 39.0 Å². The maximum absolute atomic E-state index is 12.4. The topological polar surface area (TPSA) is 53.9 Å². The molecular weight excluding hydrogens is 280 g/mol. The van der Waals surface area contributed by atoms with Gasteiger partial charge in [0, 0.05) is 19.1 Å². The molecule has 3 rings (SSSR count). The van der Waals surface area contributed by atoms with Gasteiger partial charge in [-0.15, -0.1) is 0 Å². The third kappa shape index (κ3) is 2.10. The third-order valence-electron chi connectivity index (χ3n) is 3.37. The fourth-order valence-electron chi connectivity index (χ4n) is 2.41. The number of anilines is 1. The Bertz CT molecular complexity index is 721. The Hall–Kier alpha value is -1.21. The highest BCUT2D eigenvalue weighted by Gasteiger charge is 2.19. The van der Waals surface area contributed by atoms with Gasteiger partial charge in [-0.1, -0.05) is 11.3 Å². The molecule has 0 spiro atoms. The van der Waals surface area contributed by atoms with Gasteiger partial charge in [-0.3, -0.25) is 9.36 Å². The van der Waals surface area contributed by atoms with Crippen molar-refractivity contribution < 1.29 is 0 Å². The van der Waals surface area contributed by atoms with Crippen molar-refractivity contribution in [2.45, 2.75) is 32.7 Å². The van der Waals surface area contributed by atoms with Crippen molar-refractivity contribution in [1.82, 2.24) is 14.5 Å². The number of H-pyrrole nitrogens is 1. The van der Waals surface area contributed by atoms with Crippen LogP contribution in [0.4, 0.5) is 5.13 Å². The summed E-state index contributed by atoms with van der Waals surface area (Å²) >= 11 is 6.71. The van der Waals surface area contributed by atoms with Crippen LogP contribution in [0.5, 0.6) is 0 Å². The Morgan fingerprint density at radius 3 is 2.68 bits per heavy atom. The molecule has 0 saturated carbocycles. The molecule has 0 radical (unpaired) electrons. The van der Waals surface area contributed by atoms with Gasteiger partial charge in [-0.05, 0) is 38.9 Å². The van der Waals surface area contributed by atoms with Crippen molar-refractivity contribution in [3.8, 4) is 0 Å². The first-order valence-electron chi connectivity index (χ1n) is 6.48. The van der Waals surface area contributed by atoms with Gasteiger partial charge in [-0.2, -0.15) is 0 Å². The molecule has 0 unspecified atom stereocenters. The molecule has 1 fully saturated rings. The van der Waals surface area contributed by atoms with E-state index in [2.05, 4.69) is 14.9 Å². The standard InChI is InChI=1S/C12H16N4OS2/c1-7(2)16-10(17)8-9(13-11(16)18)14-12(19-8)15-5-3-4-6-15/h7H,3-6H2,1-2H3,(H,13,18). The molecule has 1 aliphatic rings. The number of nitrogens with zero attached hydrogens (tertiary/aromatic N) is 3. The molecule has 0 atom stereocenters. The van der Waals surface area contributed by atoms with Crippen molar-refractivity contribution in [2.75, 3.05) is 18.0 Å². The van der Waals surface area contributed by atoms with Crippen LogP contribution in [0.15, 0.2) is 4.79 Å². The second-order valence-corrected chi connectivity index (χ2v) is 6.43. The number of aromatic amines is 1. The normalized spacial score (nSPS) is 15.8. The minimum atomic E-state index is -0.0308. The fraction of sp³-hybridized carbons (Fsp3) is 0.583. The van der Waals surface area contributed by atoms with Crippen molar-refractivity contribution in [2.24, 2.45) is 0 Å². The fourth-order valence-corrected chi connectivity index (χ4v) is 3.81. The Morgan fingerprint density at radius 1 is 1.37 bits per heavy atom. The minimum absolute atomic E-state index is 0.0308. The first-order valence-corrected chi connectivity index (χ1v) is 7.70. The quantitative estimate of drug-likeness (QED) is 0.866. The van der Waals surface area contributed by atoms with E-state index in [-0.39, 0.29) is 11.6 Å². The summed E-state index contributed by atoms with van der Waals surface area (Å²) in [5.74, 6) is 0. The number of hydrogen-bond donors (Lipinski definition) is 1. The lowest BCUT2D eigenvalue weighted by molar-refractivity contribution is 0.565. The SMILES string of the molecule is CC(C)n1c(=S)[nH]c2nc(N3CCCC3)sc2c1=O. The summed E-state index contributed by atoms with van der Waals surface area (Å²) in [6.45, 7) is 5.97. The molecule has 0 aliphatic carbocycles. The van der Waals surface area contributed by atoms with Crippen LogP contribution >= 0.6 is 23.6 Å². The lowest BCUT2D eigenvalue weighted by Crippen LogP contribution is -2.23. The molecule has 3 heterocycles. The van der Waals surface area contributed by atoms with E-state index in [1.54, 1.807) is 4.57 Å². The Balaban J connectivity index is 2.20. The summed E-state index contributed by atoms with van der Waals surface area (Å²) in [4.78, 5) is 22.3. The third-order valence-corrected chi connectivity index (χ3v) is 4.77. The van der Waals surface area contributed by atoms with Crippen LogP contribution in [0.2, 0.25) is 0 Å². The maximum atomic E-state index is 12.4. The summed E-state index contributed by atoms with van der Waals surface area (Å²) in [5.41, 5.74) is 0.593. The van der Waals surface area contributed by atoms with E-state index < -0.39 is 0 Å². The van der Waals surface area contributed by atoms with Crippen LogP contribution in [-0.4, -0.2) is 27.6 Å². The van der Waals surface area contributed by atoms with Crippen LogP contribution in [0.3, 0.4) is 0 Å². The van der Waals surface area contributed by atoms with Crippen molar-refractivity contribution in [3.05, 3.63) is 15.1 Å². The Kier molecular flexibility index (Phi) is 3.18. The van der Waals surface area contributed by atoms with E-state index in [0.29, 0.717) is 15.1 Å². The average molecular weight is 296 g/mol. The monoisotopic (exact) mass is 296 g/mol. The largest absolute Gasteiger partial charge is 0.348 e. The molecule has 19 heavy (non-hydrogen) atoms. The van der Waals surface area contributed by atoms with Gasteiger partial charge in [0.15, 0.2) is 15.5 Å². The van der Waals surface area contributed by atoms with Crippen molar-refractivity contribution in [1.29, 1.82) is 0 Å². The molecular formula is C12H16N4OS2. The molecule has 0 aromatic carbocycles. The highest BCUT2D eigenvalue weighted by atomic mass is 32.1. The summed E-state index contributed by atoms with van der Waals surface area (Å²) in [7, 11) is 0. The first-order chi connectivity index (χ1) is 9.08. The Morgan fingerprint density at radius 2 is 2.05 bits per heavy atom. The van der Waals surface area contributed by atoms with Gasteiger partial charge in [0.05, 0.1) is 0 Å². The number of thiazole rings is 1. The van der Waals surface area contributed by atoms with Crippen LogP contribution in [-0.2, 0) is 0 Å². The molecule has 7 heteroatoms. The smallest absolute Gasteiger partial charge is 0.274 e. The number of nitrogens with one attached hydrogen (secondary N) is 1. The van der Waals surface area contributed by atoms with Gasteiger partial charge in [0.1, 0.15) is 4.70 Å². The lowest BCUT2D eigenvalue weighted by atomic mass is 10.4. The zero-order valence-corrected chi connectivity index (χ0v) is 12.6. The van der Waals surface area contributed by atoms with Crippen LogP contribution in [0.1, 0.15) is 32.7 Å². The average Bonchev–Trinajstić information content (AvgIpc) is 2.94. The second-order valence-electron chi connectivity index (χ2n) is 5.07. The van der Waals surface area contributed by atoms with E-state index in [4.69, 9.17) is 12.2 Å². The van der Waals surface area contributed by atoms with Gasteiger partial charge in [0.25, 0.3) is 5.56 Å². The summed E-state index contributed by atoms with van der Waals surface area (Å²) in [6, 6.07) is 0.0537. The van der Waals surface area contributed by atoms with Gasteiger partial charge in [-0.25, -0.2) is 4.98 Å². The molecule has 1 aliphatic heterocycles. The number of fused-ring (bicyclic) bond motifs is 1. The summed E-state index contributed by atoms with van der Waals surface area (Å²) in [5, 5.41) is 0.928. The molecule has 2 aromatic rings. The van der Waals surface area contributed by atoms with E-state index in [9.17, 15) is 4.79 Å². The van der Waals surface area contributed by atoms with E-state index >= 15 is 0 Å². The molecule has 0 bridgehead atoms. The minimum Gasteiger partial charge on any atom is -0.348 e. The van der Waals surface area contributed by atoms with E-state index in [1.807, 2.05) is 13.8 Å². The summed E-state index contributed by atoms with van der Waals surface area (Å²) in [6.07, 6.45) is 2.39. The summed E-state index contributed by atoms with van der Waals surface area (Å²) < 4.78 is 2.74. The van der Waals surface area contributed by atoms with E-state index in [0.717, 1.165) is 18.2 Å². The van der Waals surface area contributed by atoms with Crippen molar-refractivity contribution in [3.63, 3.8) is 0 Å². The number of aromatic nitrogens is 3. The van der Waals surface area contributed by atoms with Crippen LogP contribution in [0.25, 0.3) is 10.3 Å². The van der Waals surface area contributed by atoms with Crippen LogP contribution < -0.4 is 10.5 Å². The number of rotatable bonds is 2. The molecule has 1 saturated heterocycles. The predicted octanol–water partition coefficient (Wildman–Crippen LogP) is 2.70. The van der Waals surface area contributed by atoms with Crippen LogP contribution in [0, 0.1) is 4.77 Å². The molecule has 1 N–H and O–H groups in total. The highest BCUT2D eigenvalue weighted by Crippen LogP contribution is 2.28. The second kappa shape index (κ2) is 4.72. The lowest BCUT2D eigenvalue weighted by Gasteiger charge is -2.11. The Labute approximate surface area is 119 Å².